The molecular formula is C21H29NO6. The van der Waals surface area contributed by atoms with Crippen LogP contribution < -0.4 is 0 Å². The van der Waals surface area contributed by atoms with Gasteiger partial charge in [-0.15, -0.1) is 0 Å². The van der Waals surface area contributed by atoms with Crippen molar-refractivity contribution in [3.63, 3.8) is 0 Å². The lowest BCUT2D eigenvalue weighted by molar-refractivity contribution is -0.162. The van der Waals surface area contributed by atoms with Gasteiger partial charge in [0.2, 0.25) is 0 Å². The van der Waals surface area contributed by atoms with Gasteiger partial charge in [-0.25, -0.2) is 14.4 Å². The third kappa shape index (κ3) is 7.58. The lowest BCUT2D eigenvalue weighted by atomic mass is 10.1. The second kappa shape index (κ2) is 9.57. The molecule has 0 aromatic heterocycles. The van der Waals surface area contributed by atoms with Crippen molar-refractivity contribution in [1.29, 1.82) is 0 Å². The zero-order valence-corrected chi connectivity index (χ0v) is 17.0. The maximum atomic E-state index is 12.5. The summed E-state index contributed by atoms with van der Waals surface area (Å²) < 4.78 is 15.6. The molecule has 1 aromatic rings. The molecule has 0 bridgehead atoms. The summed E-state index contributed by atoms with van der Waals surface area (Å²) in [5.41, 5.74) is 0.180. The van der Waals surface area contributed by atoms with E-state index in [1.165, 1.54) is 11.9 Å². The molecule has 0 radical (unpaired) electrons. The Morgan fingerprint density at radius 1 is 1.11 bits per heavy atom. The third-order valence-electron chi connectivity index (χ3n) is 4.25. The number of amides is 1. The average Bonchev–Trinajstić information content (AvgIpc) is 3.45. The van der Waals surface area contributed by atoms with E-state index in [1.807, 2.05) is 30.3 Å². The lowest BCUT2D eigenvalue weighted by Crippen LogP contribution is -2.46. The number of carbonyl (C=O) groups is 3. The second-order valence-electron chi connectivity index (χ2n) is 8.04. The highest BCUT2D eigenvalue weighted by atomic mass is 16.6. The van der Waals surface area contributed by atoms with E-state index in [4.69, 9.17) is 14.2 Å². The van der Waals surface area contributed by atoms with E-state index < -0.39 is 36.3 Å². The maximum Gasteiger partial charge on any atom is 0.410 e. The van der Waals surface area contributed by atoms with E-state index in [0.29, 0.717) is 12.3 Å². The monoisotopic (exact) mass is 391 g/mol. The predicted molar refractivity (Wildman–Crippen MR) is 102 cm³/mol. The zero-order valence-electron chi connectivity index (χ0n) is 17.0. The largest absolute Gasteiger partial charge is 0.458 e. The fraction of sp³-hybridized carbons (Fsp3) is 0.571. The average molecular weight is 391 g/mol. The van der Waals surface area contributed by atoms with Gasteiger partial charge in [-0.1, -0.05) is 43.2 Å². The molecule has 2 rings (SSSR count). The molecule has 0 saturated heterocycles. The van der Waals surface area contributed by atoms with Gasteiger partial charge in [0.1, 0.15) is 18.2 Å². The zero-order chi connectivity index (χ0) is 20.7. The molecule has 0 unspecified atom stereocenters. The molecule has 0 N–H and O–H groups in total. The van der Waals surface area contributed by atoms with Crippen LogP contribution in [0.3, 0.4) is 0 Å². The van der Waals surface area contributed by atoms with E-state index in [2.05, 4.69) is 0 Å². The topological polar surface area (TPSA) is 82.1 Å². The molecule has 7 nitrogen and oxygen atoms in total. The molecule has 154 valence electrons. The Morgan fingerprint density at radius 3 is 2.32 bits per heavy atom. The van der Waals surface area contributed by atoms with Crippen LogP contribution in [0.1, 0.15) is 45.6 Å². The number of nitrogens with zero attached hydrogens (tertiary/aromatic N) is 1. The molecule has 1 aliphatic carbocycles. The van der Waals surface area contributed by atoms with Crippen molar-refractivity contribution in [3.05, 3.63) is 35.9 Å². The normalized spacial score (nSPS) is 14.7. The molecule has 1 saturated carbocycles. The van der Waals surface area contributed by atoms with Crippen LogP contribution in [0.15, 0.2) is 30.3 Å². The minimum absolute atomic E-state index is 0.112. The number of likely N-dealkylation sites (N-methyl/N-ethyl adjacent to an activating group) is 1. The van der Waals surface area contributed by atoms with Crippen LogP contribution >= 0.6 is 0 Å². The molecule has 1 aliphatic rings. The summed E-state index contributed by atoms with van der Waals surface area (Å²) in [6.45, 7) is 4.90. The quantitative estimate of drug-likeness (QED) is 0.499. The summed E-state index contributed by atoms with van der Waals surface area (Å²) in [4.78, 5) is 37.9. The van der Waals surface area contributed by atoms with Crippen molar-refractivity contribution in [2.75, 3.05) is 13.7 Å². The van der Waals surface area contributed by atoms with Crippen LogP contribution in [0.2, 0.25) is 0 Å². The number of hydrogen-bond acceptors (Lipinski definition) is 6. The van der Waals surface area contributed by atoms with Gasteiger partial charge in [0.25, 0.3) is 0 Å². The van der Waals surface area contributed by atoms with Crippen molar-refractivity contribution in [2.45, 2.75) is 58.3 Å². The van der Waals surface area contributed by atoms with E-state index in [9.17, 15) is 14.4 Å². The van der Waals surface area contributed by atoms with Crippen LogP contribution in [-0.2, 0) is 30.4 Å². The van der Waals surface area contributed by atoms with E-state index in [1.54, 1.807) is 20.8 Å². The molecule has 7 heteroatoms. The standard InChI is InChI=1S/C21H29NO6/c1-21(2,3)28-20(25)22(4)17(12-15-10-11-15)19(24)27-14-18(23)26-13-16-8-6-5-7-9-16/h5-9,15,17H,10-14H2,1-4H3/t17-/m0/s1. The first-order chi connectivity index (χ1) is 13.2. The molecular weight excluding hydrogens is 362 g/mol. The lowest BCUT2D eigenvalue weighted by Gasteiger charge is -2.29. The number of hydrogen-bond donors (Lipinski definition) is 0. The highest BCUT2D eigenvalue weighted by Gasteiger charge is 2.36. The number of esters is 2. The minimum Gasteiger partial charge on any atom is -0.458 e. The van der Waals surface area contributed by atoms with E-state index >= 15 is 0 Å². The van der Waals surface area contributed by atoms with Gasteiger partial charge in [-0.2, -0.15) is 0 Å². The van der Waals surface area contributed by atoms with Gasteiger partial charge in [-0.3, -0.25) is 4.90 Å². The Bertz CT molecular complexity index is 678. The Labute approximate surface area is 165 Å². The highest BCUT2D eigenvalue weighted by molar-refractivity contribution is 5.83. The van der Waals surface area contributed by atoms with Crippen molar-refractivity contribution >= 4 is 18.0 Å². The number of ether oxygens (including phenoxy) is 3. The van der Waals surface area contributed by atoms with Crippen LogP contribution in [0.25, 0.3) is 0 Å². The Hall–Kier alpha value is -2.57. The van der Waals surface area contributed by atoms with Crippen molar-refractivity contribution in [1.82, 2.24) is 4.90 Å². The summed E-state index contributed by atoms with van der Waals surface area (Å²) in [5, 5.41) is 0. The highest BCUT2D eigenvalue weighted by Crippen LogP contribution is 2.35. The van der Waals surface area contributed by atoms with E-state index in [-0.39, 0.29) is 6.61 Å². The van der Waals surface area contributed by atoms with Gasteiger partial charge < -0.3 is 14.2 Å². The summed E-state index contributed by atoms with van der Waals surface area (Å²) in [7, 11) is 1.51. The molecule has 1 fully saturated rings. The Balaban J connectivity index is 1.85. The summed E-state index contributed by atoms with van der Waals surface area (Å²) in [6.07, 6.45) is 1.94. The Morgan fingerprint density at radius 2 is 1.75 bits per heavy atom. The van der Waals surface area contributed by atoms with Gasteiger partial charge in [-0.05, 0) is 38.7 Å². The molecule has 1 aromatic carbocycles. The first kappa shape index (κ1) is 21.7. The molecule has 0 heterocycles. The number of rotatable bonds is 8. The Kier molecular flexibility index (Phi) is 7.43. The van der Waals surface area contributed by atoms with Crippen molar-refractivity contribution < 1.29 is 28.6 Å². The van der Waals surface area contributed by atoms with E-state index in [0.717, 1.165) is 18.4 Å². The second-order valence-corrected chi connectivity index (χ2v) is 8.04. The number of carbonyl (C=O) groups excluding carboxylic acids is 3. The SMILES string of the molecule is CN(C(=O)OC(C)(C)C)[C@@H](CC1CC1)C(=O)OCC(=O)OCc1ccccc1. The number of benzene rings is 1. The van der Waals surface area contributed by atoms with Crippen LogP contribution in [-0.4, -0.2) is 48.2 Å². The molecule has 1 amide bonds. The first-order valence-electron chi connectivity index (χ1n) is 9.47. The van der Waals surface area contributed by atoms with Crippen LogP contribution in [0.4, 0.5) is 4.79 Å². The first-order valence-corrected chi connectivity index (χ1v) is 9.47. The van der Waals surface area contributed by atoms with Gasteiger partial charge in [0.05, 0.1) is 0 Å². The molecule has 0 spiro atoms. The fourth-order valence-corrected chi connectivity index (χ4v) is 2.55. The summed E-state index contributed by atoms with van der Waals surface area (Å²) >= 11 is 0. The van der Waals surface area contributed by atoms with Crippen LogP contribution in [0, 0.1) is 5.92 Å². The smallest absolute Gasteiger partial charge is 0.410 e. The third-order valence-corrected chi connectivity index (χ3v) is 4.25. The molecule has 28 heavy (non-hydrogen) atoms. The predicted octanol–water partition coefficient (Wildman–Crippen LogP) is 3.31. The van der Waals surface area contributed by atoms with Gasteiger partial charge in [0.15, 0.2) is 6.61 Å². The minimum atomic E-state index is -0.788. The van der Waals surface area contributed by atoms with Crippen molar-refractivity contribution in [2.24, 2.45) is 5.92 Å². The summed E-state index contributed by atoms with van der Waals surface area (Å²) in [6, 6.07) is 8.44. The van der Waals surface area contributed by atoms with Crippen LogP contribution in [0.5, 0.6) is 0 Å². The van der Waals surface area contributed by atoms with Crippen molar-refractivity contribution in [3.8, 4) is 0 Å². The molecule has 1 atom stereocenters. The molecule has 0 aliphatic heterocycles. The van der Waals surface area contributed by atoms with Gasteiger partial charge in [0, 0.05) is 7.05 Å². The maximum absolute atomic E-state index is 12.5. The van der Waals surface area contributed by atoms with Gasteiger partial charge >= 0.3 is 18.0 Å². The summed E-state index contributed by atoms with van der Waals surface area (Å²) in [5.74, 6) is -0.883. The fourth-order valence-electron chi connectivity index (χ4n) is 2.55.